The number of aliphatic hydroxyl groups is 2. The van der Waals surface area contributed by atoms with Crippen LogP contribution in [0.2, 0.25) is 0 Å². The van der Waals surface area contributed by atoms with Gasteiger partial charge in [0, 0.05) is 0 Å². The molecule has 2 heteroatoms. The van der Waals surface area contributed by atoms with Crippen LogP contribution in [0.25, 0.3) is 0 Å². The van der Waals surface area contributed by atoms with Gasteiger partial charge in [0.15, 0.2) is 0 Å². The lowest BCUT2D eigenvalue weighted by atomic mass is 9.42. The van der Waals surface area contributed by atoms with Crippen molar-refractivity contribution in [2.45, 2.75) is 124 Å². The van der Waals surface area contributed by atoms with Gasteiger partial charge in [0.05, 0.1) is 12.7 Å². The summed E-state index contributed by atoms with van der Waals surface area (Å²) in [5.41, 5.74) is 3.26. The van der Waals surface area contributed by atoms with Crippen LogP contribution in [0.4, 0.5) is 0 Å². The zero-order valence-corrected chi connectivity index (χ0v) is 24.6. The third kappa shape index (κ3) is 5.08. The Kier molecular flexibility index (Phi) is 8.20. The lowest BCUT2D eigenvalue weighted by Crippen LogP contribution is -2.57. The summed E-state index contributed by atoms with van der Waals surface area (Å²) >= 11 is 0. The summed E-state index contributed by atoms with van der Waals surface area (Å²) in [7, 11) is 0. The molecule has 0 heterocycles. The Morgan fingerprint density at radius 1 is 0.784 bits per heavy atom. The Labute approximate surface area is 228 Å². The SMILES string of the molecule is CC(C)CCC[C@@H](C)[C@H]1CCC2C3CCC4[C@H](Cc5ccc(CO)cc5)[C@H](O)CC[C@]4(C)C3CC[C@@]21C. The van der Waals surface area contributed by atoms with Crippen molar-refractivity contribution < 1.29 is 10.2 Å². The fourth-order valence-electron chi connectivity index (χ4n) is 10.9. The highest BCUT2D eigenvalue weighted by atomic mass is 16.3. The molecule has 0 radical (unpaired) electrons. The molecule has 208 valence electrons. The zero-order valence-electron chi connectivity index (χ0n) is 24.6. The molecule has 0 aromatic heterocycles. The van der Waals surface area contributed by atoms with E-state index in [4.69, 9.17) is 0 Å². The minimum atomic E-state index is -0.163. The topological polar surface area (TPSA) is 40.5 Å². The molecule has 5 rings (SSSR count). The molecule has 1 aromatic rings. The van der Waals surface area contributed by atoms with E-state index >= 15 is 0 Å². The predicted octanol–water partition coefficient (Wildman–Crippen LogP) is 8.43. The number of fused-ring (bicyclic) bond motifs is 5. The van der Waals surface area contributed by atoms with Crippen LogP contribution in [0, 0.1) is 58.2 Å². The van der Waals surface area contributed by atoms with Crippen molar-refractivity contribution in [2.24, 2.45) is 58.2 Å². The van der Waals surface area contributed by atoms with Crippen molar-refractivity contribution in [3.05, 3.63) is 35.4 Å². The summed E-state index contributed by atoms with van der Waals surface area (Å²) in [6.07, 6.45) is 15.8. The first-order valence-corrected chi connectivity index (χ1v) is 16.0. The van der Waals surface area contributed by atoms with Crippen LogP contribution in [0.1, 0.15) is 116 Å². The van der Waals surface area contributed by atoms with E-state index in [9.17, 15) is 10.2 Å². The van der Waals surface area contributed by atoms with E-state index in [1.807, 2.05) is 0 Å². The van der Waals surface area contributed by atoms with Gasteiger partial charge in [0.1, 0.15) is 0 Å². The fraction of sp³-hybridized carbons (Fsp3) is 0.829. The third-order valence-electron chi connectivity index (χ3n) is 12.8. The minimum absolute atomic E-state index is 0.105. The van der Waals surface area contributed by atoms with Crippen molar-refractivity contribution in [3.8, 4) is 0 Å². The Balaban J connectivity index is 1.30. The van der Waals surface area contributed by atoms with E-state index in [2.05, 4.69) is 58.9 Å². The van der Waals surface area contributed by atoms with Crippen LogP contribution < -0.4 is 0 Å². The number of hydrogen-bond donors (Lipinski definition) is 2. The van der Waals surface area contributed by atoms with Crippen molar-refractivity contribution in [1.82, 2.24) is 0 Å². The molecule has 2 N–H and O–H groups in total. The molecular formula is C35H56O2. The second-order valence-electron chi connectivity index (χ2n) is 15.0. The standard InChI is InChI=1S/C35H56O2/c1-23(2)7-6-8-24(3)29-15-16-30-27-13-14-31-28(21-25-9-11-26(22-36)12-10-25)33(37)18-20-35(31,5)32(27)17-19-34(29,30)4/h9-12,23-24,27-33,36-37H,6-8,13-22H2,1-5H3/t24-,27?,28+,29-,30?,31?,32?,33-,34-,35+/m1/s1. The Hall–Kier alpha value is -0.860. The molecule has 1 aromatic carbocycles. The number of rotatable bonds is 8. The number of benzene rings is 1. The molecule has 2 nitrogen and oxygen atoms in total. The first-order chi connectivity index (χ1) is 17.7. The highest BCUT2D eigenvalue weighted by Crippen LogP contribution is 2.69. The molecule has 0 amide bonds. The second kappa shape index (κ2) is 11.0. The smallest absolute Gasteiger partial charge is 0.0681 e. The molecule has 37 heavy (non-hydrogen) atoms. The first-order valence-electron chi connectivity index (χ1n) is 16.0. The molecule has 0 aliphatic heterocycles. The van der Waals surface area contributed by atoms with E-state index in [1.165, 1.54) is 69.8 Å². The average Bonchev–Trinajstić information content (AvgIpc) is 3.23. The van der Waals surface area contributed by atoms with Gasteiger partial charge in [-0.05, 0) is 127 Å². The Morgan fingerprint density at radius 2 is 1.43 bits per heavy atom. The van der Waals surface area contributed by atoms with E-state index in [-0.39, 0.29) is 12.7 Å². The number of hydrogen-bond acceptors (Lipinski definition) is 2. The Bertz CT molecular complexity index is 891. The van der Waals surface area contributed by atoms with Gasteiger partial charge in [0.25, 0.3) is 0 Å². The van der Waals surface area contributed by atoms with Gasteiger partial charge in [0.2, 0.25) is 0 Å². The highest BCUT2D eigenvalue weighted by molar-refractivity contribution is 5.23. The maximum Gasteiger partial charge on any atom is 0.0681 e. The summed E-state index contributed by atoms with van der Waals surface area (Å²) < 4.78 is 0. The van der Waals surface area contributed by atoms with Crippen LogP contribution >= 0.6 is 0 Å². The predicted molar refractivity (Wildman–Crippen MR) is 154 cm³/mol. The second-order valence-corrected chi connectivity index (χ2v) is 15.0. The van der Waals surface area contributed by atoms with Crippen LogP contribution in [0.15, 0.2) is 24.3 Å². The highest BCUT2D eigenvalue weighted by Gasteiger charge is 2.61. The van der Waals surface area contributed by atoms with E-state index in [0.717, 1.165) is 53.9 Å². The van der Waals surface area contributed by atoms with Crippen molar-refractivity contribution in [2.75, 3.05) is 0 Å². The van der Waals surface area contributed by atoms with Gasteiger partial charge < -0.3 is 10.2 Å². The molecule has 4 aliphatic carbocycles. The summed E-state index contributed by atoms with van der Waals surface area (Å²) in [6.45, 7) is 12.8. The van der Waals surface area contributed by atoms with E-state index < -0.39 is 0 Å². The van der Waals surface area contributed by atoms with Crippen molar-refractivity contribution >= 4 is 0 Å². The lowest BCUT2D eigenvalue weighted by Gasteiger charge is -2.63. The molecule has 10 atom stereocenters. The molecule has 4 aliphatic rings. The van der Waals surface area contributed by atoms with Crippen LogP contribution in [-0.4, -0.2) is 16.3 Å². The molecule has 0 spiro atoms. The van der Waals surface area contributed by atoms with Gasteiger partial charge in [-0.1, -0.05) is 78.1 Å². The molecule has 0 bridgehead atoms. The van der Waals surface area contributed by atoms with Crippen LogP contribution in [-0.2, 0) is 13.0 Å². The normalized spacial score (nSPS) is 42.2. The molecule has 4 saturated carbocycles. The summed E-state index contributed by atoms with van der Waals surface area (Å²) in [5.74, 6) is 6.36. The van der Waals surface area contributed by atoms with Gasteiger partial charge in [-0.15, -0.1) is 0 Å². The van der Waals surface area contributed by atoms with Crippen LogP contribution in [0.3, 0.4) is 0 Å². The van der Waals surface area contributed by atoms with Gasteiger partial charge >= 0.3 is 0 Å². The third-order valence-corrected chi connectivity index (χ3v) is 12.8. The first kappa shape index (κ1) is 27.7. The monoisotopic (exact) mass is 508 g/mol. The van der Waals surface area contributed by atoms with Crippen molar-refractivity contribution in [3.63, 3.8) is 0 Å². The summed E-state index contributed by atoms with van der Waals surface area (Å²) in [4.78, 5) is 0. The van der Waals surface area contributed by atoms with Crippen LogP contribution in [0.5, 0.6) is 0 Å². The fourth-order valence-corrected chi connectivity index (χ4v) is 10.9. The largest absolute Gasteiger partial charge is 0.393 e. The average molecular weight is 509 g/mol. The lowest BCUT2D eigenvalue weighted by molar-refractivity contribution is -0.152. The Morgan fingerprint density at radius 3 is 2.14 bits per heavy atom. The van der Waals surface area contributed by atoms with E-state index in [1.54, 1.807) is 0 Å². The van der Waals surface area contributed by atoms with Gasteiger partial charge in [-0.2, -0.15) is 0 Å². The molecular weight excluding hydrogens is 452 g/mol. The minimum Gasteiger partial charge on any atom is -0.393 e. The van der Waals surface area contributed by atoms with Gasteiger partial charge in [-0.3, -0.25) is 0 Å². The molecule has 4 fully saturated rings. The summed E-state index contributed by atoms with van der Waals surface area (Å²) in [6, 6.07) is 8.48. The number of aliphatic hydroxyl groups excluding tert-OH is 2. The zero-order chi connectivity index (χ0) is 26.4. The maximum atomic E-state index is 11.2. The van der Waals surface area contributed by atoms with Gasteiger partial charge in [-0.25, -0.2) is 0 Å². The quantitative estimate of drug-likeness (QED) is 0.370. The maximum absolute atomic E-state index is 11.2. The van der Waals surface area contributed by atoms with Crippen molar-refractivity contribution in [1.29, 1.82) is 0 Å². The molecule has 4 unspecified atom stereocenters. The summed E-state index contributed by atoms with van der Waals surface area (Å²) in [5, 5.41) is 20.7. The van der Waals surface area contributed by atoms with E-state index in [0.29, 0.717) is 22.7 Å². The molecule has 0 saturated heterocycles.